The molecule has 0 amide bonds. The van der Waals surface area contributed by atoms with Gasteiger partial charge < -0.3 is 30.9 Å². The molecule has 25 heavy (non-hydrogen) atoms. The van der Waals surface area contributed by atoms with Gasteiger partial charge in [0, 0.05) is 58.9 Å². The number of hydrogen-bond donors (Lipinski definition) is 4. The summed E-state index contributed by atoms with van der Waals surface area (Å²) >= 11 is 0. The van der Waals surface area contributed by atoms with E-state index in [2.05, 4.69) is 37.5 Å². The largest absolute Gasteiger partial charge is 0.381 e. The molecule has 3 aliphatic rings. The number of hydrogen-bond acceptors (Lipinski definition) is 9. The second kappa shape index (κ2) is 8.31. The van der Waals surface area contributed by atoms with E-state index in [1.807, 2.05) is 0 Å². The number of likely N-dealkylation sites (N-methyl/N-ethyl adjacent to an activating group) is 1. The van der Waals surface area contributed by atoms with Crippen LogP contribution in [0.25, 0.3) is 0 Å². The van der Waals surface area contributed by atoms with Crippen LogP contribution in [0.15, 0.2) is 9.98 Å². The van der Waals surface area contributed by atoms with E-state index in [0.717, 1.165) is 65.3 Å². The summed E-state index contributed by atoms with van der Waals surface area (Å²) in [7, 11) is 2.16. The highest BCUT2D eigenvalue weighted by molar-refractivity contribution is 5.96. The molecule has 0 bridgehead atoms. The first kappa shape index (κ1) is 18.4. The third kappa shape index (κ3) is 5.53. The van der Waals surface area contributed by atoms with Crippen molar-refractivity contribution in [3.05, 3.63) is 0 Å². The van der Waals surface area contributed by atoms with Gasteiger partial charge >= 0.3 is 0 Å². The Morgan fingerprint density at radius 1 is 1.28 bits per heavy atom. The van der Waals surface area contributed by atoms with E-state index in [-0.39, 0.29) is 0 Å². The molecule has 9 heteroatoms. The normalized spacial score (nSPS) is 29.7. The lowest BCUT2D eigenvalue weighted by molar-refractivity contribution is 0.0675. The van der Waals surface area contributed by atoms with Gasteiger partial charge in [-0.15, -0.1) is 0 Å². The molecular formula is C16H32N8O. The number of piperazine rings is 1. The number of nitrogens with one attached hydrogen (secondary N) is 2. The standard InChI is InChI=1S/C16H32N8O/c1-23-6-8-24(9-7-23)5-4-16(18)21-14(17)20-15(22-16)19-12-13-2-10-25-11-3-13/h13H,2-12,18H2,1H3,(H4,17,19,20,21,22). The predicted octanol–water partition coefficient (Wildman–Crippen LogP) is -1.47. The van der Waals surface area contributed by atoms with Gasteiger partial charge in [-0.3, -0.25) is 5.73 Å². The van der Waals surface area contributed by atoms with Crippen LogP contribution in [-0.4, -0.2) is 87.0 Å². The van der Waals surface area contributed by atoms with Crippen LogP contribution in [0.3, 0.4) is 0 Å². The molecule has 0 aromatic rings. The monoisotopic (exact) mass is 352 g/mol. The summed E-state index contributed by atoms with van der Waals surface area (Å²) in [6.45, 7) is 7.69. The molecule has 0 aromatic heterocycles. The van der Waals surface area contributed by atoms with Crippen LogP contribution in [0.4, 0.5) is 0 Å². The fourth-order valence-corrected chi connectivity index (χ4v) is 3.39. The molecule has 0 saturated carbocycles. The maximum absolute atomic E-state index is 6.44. The van der Waals surface area contributed by atoms with Gasteiger partial charge in [0.25, 0.3) is 0 Å². The third-order valence-electron chi connectivity index (χ3n) is 5.17. The van der Waals surface area contributed by atoms with Gasteiger partial charge in [-0.25, -0.2) is 4.99 Å². The molecule has 0 aromatic carbocycles. The Morgan fingerprint density at radius 2 is 2.00 bits per heavy atom. The van der Waals surface area contributed by atoms with Crippen molar-refractivity contribution < 1.29 is 4.74 Å². The van der Waals surface area contributed by atoms with Crippen LogP contribution in [-0.2, 0) is 4.74 Å². The molecule has 0 spiro atoms. The molecule has 3 aliphatic heterocycles. The lowest BCUT2D eigenvalue weighted by Gasteiger charge is -2.36. The smallest absolute Gasteiger partial charge is 0.224 e. The fourth-order valence-electron chi connectivity index (χ4n) is 3.39. The Morgan fingerprint density at radius 3 is 2.72 bits per heavy atom. The Bertz CT molecular complexity index is 496. The van der Waals surface area contributed by atoms with Gasteiger partial charge in [0.1, 0.15) is 0 Å². The predicted molar refractivity (Wildman–Crippen MR) is 99.2 cm³/mol. The molecule has 1 unspecified atom stereocenters. The van der Waals surface area contributed by atoms with Crippen LogP contribution in [0.5, 0.6) is 0 Å². The Balaban J connectivity index is 1.51. The quantitative estimate of drug-likeness (QED) is 0.477. The summed E-state index contributed by atoms with van der Waals surface area (Å²) in [5.74, 6) is 0.543. The van der Waals surface area contributed by atoms with Crippen LogP contribution in [0.1, 0.15) is 19.3 Å². The lowest BCUT2D eigenvalue weighted by atomic mass is 10.0. The molecular weight excluding hydrogens is 320 g/mol. The summed E-state index contributed by atoms with van der Waals surface area (Å²) in [4.78, 5) is 13.6. The minimum absolute atomic E-state index is 0.324. The van der Waals surface area contributed by atoms with Gasteiger partial charge in [-0.1, -0.05) is 0 Å². The van der Waals surface area contributed by atoms with Crippen molar-refractivity contribution in [1.82, 2.24) is 20.4 Å². The summed E-state index contributed by atoms with van der Waals surface area (Å²) < 4.78 is 5.39. The minimum Gasteiger partial charge on any atom is -0.381 e. The van der Waals surface area contributed by atoms with Gasteiger partial charge in [-0.05, 0) is 25.8 Å². The molecule has 142 valence electrons. The molecule has 9 nitrogen and oxygen atoms in total. The number of ether oxygens (including phenoxy) is 1. The second-order valence-electron chi connectivity index (χ2n) is 7.31. The van der Waals surface area contributed by atoms with E-state index in [9.17, 15) is 0 Å². The number of guanidine groups is 2. The van der Waals surface area contributed by atoms with Crippen molar-refractivity contribution in [1.29, 1.82) is 0 Å². The minimum atomic E-state index is -0.896. The van der Waals surface area contributed by atoms with Crippen molar-refractivity contribution in [3.8, 4) is 0 Å². The Kier molecular flexibility index (Phi) is 6.10. The van der Waals surface area contributed by atoms with Crippen LogP contribution < -0.4 is 22.1 Å². The highest BCUT2D eigenvalue weighted by Gasteiger charge is 2.30. The first-order chi connectivity index (χ1) is 12.0. The summed E-state index contributed by atoms with van der Waals surface area (Å²) in [6, 6.07) is 0. The highest BCUT2D eigenvalue weighted by Crippen LogP contribution is 2.14. The van der Waals surface area contributed by atoms with Crippen molar-refractivity contribution in [2.45, 2.75) is 25.0 Å². The van der Waals surface area contributed by atoms with Crippen LogP contribution in [0.2, 0.25) is 0 Å². The first-order valence-corrected chi connectivity index (χ1v) is 9.26. The fraction of sp³-hybridized carbons (Fsp3) is 0.875. The second-order valence-corrected chi connectivity index (χ2v) is 7.31. The zero-order valence-electron chi connectivity index (χ0n) is 15.2. The van der Waals surface area contributed by atoms with Crippen molar-refractivity contribution in [2.24, 2.45) is 27.4 Å². The van der Waals surface area contributed by atoms with E-state index < -0.39 is 5.79 Å². The molecule has 2 fully saturated rings. The SMILES string of the molecule is CN1CCN(CCC2(N)N=C(NCC3CCOCC3)N=C(N)N2)CC1. The van der Waals surface area contributed by atoms with E-state index in [4.69, 9.17) is 16.2 Å². The average Bonchev–Trinajstić information content (AvgIpc) is 2.60. The maximum atomic E-state index is 6.44. The average molecular weight is 352 g/mol. The molecule has 1 atom stereocenters. The highest BCUT2D eigenvalue weighted by atomic mass is 16.5. The molecule has 3 rings (SSSR count). The first-order valence-electron chi connectivity index (χ1n) is 9.26. The summed E-state index contributed by atoms with van der Waals surface area (Å²) in [5.41, 5.74) is 12.4. The number of nitrogens with zero attached hydrogens (tertiary/aromatic N) is 4. The van der Waals surface area contributed by atoms with Crippen LogP contribution in [0, 0.1) is 5.92 Å². The zero-order chi connectivity index (χ0) is 17.7. The molecule has 2 saturated heterocycles. The Labute approximate surface area is 149 Å². The molecule has 0 aliphatic carbocycles. The van der Waals surface area contributed by atoms with E-state index in [1.54, 1.807) is 0 Å². The van der Waals surface area contributed by atoms with Gasteiger partial charge in [0.2, 0.25) is 5.96 Å². The molecule has 6 N–H and O–H groups in total. The number of aliphatic imine (C=N–C) groups is 2. The third-order valence-corrected chi connectivity index (χ3v) is 5.17. The zero-order valence-corrected chi connectivity index (χ0v) is 15.2. The molecule has 0 radical (unpaired) electrons. The van der Waals surface area contributed by atoms with Crippen molar-refractivity contribution >= 4 is 11.9 Å². The van der Waals surface area contributed by atoms with Gasteiger partial charge in [-0.2, -0.15) is 4.99 Å². The lowest BCUT2D eigenvalue weighted by Crippen LogP contribution is -2.61. The van der Waals surface area contributed by atoms with E-state index in [0.29, 0.717) is 24.3 Å². The van der Waals surface area contributed by atoms with Crippen molar-refractivity contribution in [3.63, 3.8) is 0 Å². The van der Waals surface area contributed by atoms with E-state index in [1.165, 1.54) is 0 Å². The summed E-state index contributed by atoms with van der Waals surface area (Å²) in [6.07, 6.45) is 2.82. The number of rotatable bonds is 5. The van der Waals surface area contributed by atoms with Crippen molar-refractivity contribution in [2.75, 3.05) is 59.5 Å². The van der Waals surface area contributed by atoms with Gasteiger partial charge in [0.05, 0.1) is 0 Å². The maximum Gasteiger partial charge on any atom is 0.224 e. The van der Waals surface area contributed by atoms with E-state index >= 15 is 0 Å². The Hall–Kier alpha value is -1.42. The van der Waals surface area contributed by atoms with Crippen LogP contribution >= 0.6 is 0 Å². The summed E-state index contributed by atoms with van der Waals surface area (Å²) in [5, 5.41) is 6.34. The number of nitrogens with two attached hydrogens (primary N) is 2. The molecule has 3 heterocycles. The topological polar surface area (TPSA) is 117 Å². The van der Waals surface area contributed by atoms with Gasteiger partial charge in [0.15, 0.2) is 11.7 Å².